The highest BCUT2D eigenvalue weighted by molar-refractivity contribution is 7.10. The van der Waals surface area contributed by atoms with Crippen molar-refractivity contribution in [3.05, 3.63) is 82.1 Å². The predicted octanol–water partition coefficient (Wildman–Crippen LogP) is 8.19. The van der Waals surface area contributed by atoms with Crippen molar-refractivity contribution in [2.75, 3.05) is 12.4 Å². The number of hydrogen-bond donors (Lipinski definition) is 1. The van der Waals surface area contributed by atoms with E-state index in [0.717, 1.165) is 12.8 Å². The topological polar surface area (TPSA) is 12.0 Å². The van der Waals surface area contributed by atoms with Gasteiger partial charge in [-0.15, -0.1) is 11.3 Å². The van der Waals surface area contributed by atoms with Gasteiger partial charge in [-0.1, -0.05) is 61.0 Å². The van der Waals surface area contributed by atoms with Crippen molar-refractivity contribution in [1.82, 2.24) is 0 Å². The Balaban J connectivity index is 1.79. The van der Waals surface area contributed by atoms with E-state index in [2.05, 4.69) is 91.4 Å². The number of rotatable bonds is 7. The van der Waals surface area contributed by atoms with Crippen LogP contribution in [0.3, 0.4) is 0 Å². The van der Waals surface area contributed by atoms with Crippen LogP contribution in [0.25, 0.3) is 16.8 Å². The van der Waals surface area contributed by atoms with Crippen LogP contribution >= 0.6 is 11.3 Å². The third-order valence-corrected chi connectivity index (χ3v) is 7.04. The fourth-order valence-electron chi connectivity index (χ4n) is 4.78. The Morgan fingerprint density at radius 1 is 1.07 bits per heavy atom. The first-order chi connectivity index (χ1) is 14.2. The number of thiophene rings is 1. The fourth-order valence-corrected chi connectivity index (χ4v) is 5.43. The molecule has 1 nitrogen and oxygen atoms in total. The lowest BCUT2D eigenvalue weighted by Crippen LogP contribution is -2.24. The van der Waals surface area contributed by atoms with E-state index in [9.17, 15) is 0 Å². The maximum atomic E-state index is 3.49. The van der Waals surface area contributed by atoms with E-state index in [4.69, 9.17) is 0 Å². The molecule has 1 N–H and O–H groups in total. The van der Waals surface area contributed by atoms with Crippen LogP contribution in [0.1, 0.15) is 55.9 Å². The van der Waals surface area contributed by atoms with Gasteiger partial charge in [-0.25, -0.2) is 0 Å². The Hall–Kier alpha value is -2.32. The Labute approximate surface area is 179 Å². The summed E-state index contributed by atoms with van der Waals surface area (Å²) in [5.74, 6) is 0. The first-order valence-corrected chi connectivity index (χ1v) is 11.7. The lowest BCUT2D eigenvalue weighted by molar-refractivity contribution is 0.463. The number of hydrogen-bond acceptors (Lipinski definition) is 2. The van der Waals surface area contributed by atoms with E-state index in [1.54, 1.807) is 16.9 Å². The van der Waals surface area contributed by atoms with E-state index >= 15 is 0 Å². The molecule has 0 amide bonds. The second-order valence-electron chi connectivity index (χ2n) is 8.43. The van der Waals surface area contributed by atoms with Crippen LogP contribution in [0.2, 0.25) is 0 Å². The monoisotopic (exact) mass is 401 g/mol. The Morgan fingerprint density at radius 2 is 1.97 bits per heavy atom. The molecule has 0 bridgehead atoms. The van der Waals surface area contributed by atoms with E-state index < -0.39 is 0 Å². The first-order valence-electron chi connectivity index (χ1n) is 10.8. The molecule has 150 valence electrons. The number of nitrogens with one attached hydrogen (secondary N) is 1. The predicted molar refractivity (Wildman–Crippen MR) is 130 cm³/mol. The number of anilines is 1. The van der Waals surface area contributed by atoms with Gasteiger partial charge in [-0.05, 0) is 78.4 Å². The van der Waals surface area contributed by atoms with Crippen molar-refractivity contribution >= 4 is 33.9 Å². The molecule has 1 aliphatic rings. The molecule has 3 aromatic rings. The van der Waals surface area contributed by atoms with Crippen molar-refractivity contribution in [1.29, 1.82) is 0 Å². The molecular formula is C27H31NS. The highest BCUT2D eigenvalue weighted by Crippen LogP contribution is 2.44. The summed E-state index contributed by atoms with van der Waals surface area (Å²) >= 11 is 1.80. The molecule has 0 spiro atoms. The maximum absolute atomic E-state index is 3.49. The SMILES string of the molecule is CNc1ccc2ccccc2c1C(C)(C/C=C/c1cccs1)CC1=CCCCC1. The van der Waals surface area contributed by atoms with Gasteiger partial charge in [0.05, 0.1) is 0 Å². The van der Waals surface area contributed by atoms with Crippen molar-refractivity contribution in [2.45, 2.75) is 50.9 Å². The maximum Gasteiger partial charge on any atom is 0.0382 e. The van der Waals surface area contributed by atoms with Crippen LogP contribution in [-0.4, -0.2) is 7.05 Å². The van der Waals surface area contributed by atoms with Gasteiger partial charge in [-0.3, -0.25) is 0 Å². The fraction of sp³-hybridized carbons (Fsp3) is 0.333. The van der Waals surface area contributed by atoms with Crippen molar-refractivity contribution in [3.8, 4) is 0 Å². The lowest BCUT2D eigenvalue weighted by atomic mass is 9.71. The average Bonchev–Trinajstić information content (AvgIpc) is 3.27. The zero-order valence-electron chi connectivity index (χ0n) is 17.6. The second kappa shape index (κ2) is 9.00. The average molecular weight is 402 g/mol. The van der Waals surface area contributed by atoms with Crippen LogP contribution in [-0.2, 0) is 5.41 Å². The van der Waals surface area contributed by atoms with Crippen LogP contribution in [0.15, 0.2) is 71.6 Å². The van der Waals surface area contributed by atoms with Gasteiger partial charge < -0.3 is 5.32 Å². The van der Waals surface area contributed by atoms with E-state index in [0.29, 0.717) is 0 Å². The Kier molecular flexibility index (Phi) is 6.20. The molecule has 4 rings (SSSR count). The van der Waals surface area contributed by atoms with Gasteiger partial charge in [0.1, 0.15) is 0 Å². The third kappa shape index (κ3) is 4.48. The summed E-state index contributed by atoms with van der Waals surface area (Å²) in [5.41, 5.74) is 4.40. The van der Waals surface area contributed by atoms with Gasteiger partial charge in [0.15, 0.2) is 0 Å². The summed E-state index contributed by atoms with van der Waals surface area (Å²) in [5, 5.41) is 8.35. The standard InChI is InChI=1S/C27H31NS/c1-27(20-21-10-4-3-5-11-21,18-8-13-23-14-9-19-29-23)26-24-15-7-6-12-22(24)16-17-25(26)28-2/h6-10,12-17,19,28H,3-5,11,18,20H2,1-2H3/b13-8+. The molecule has 29 heavy (non-hydrogen) atoms. The summed E-state index contributed by atoms with van der Waals surface area (Å²) in [7, 11) is 2.05. The third-order valence-electron chi connectivity index (χ3n) is 6.20. The number of fused-ring (bicyclic) bond motifs is 1. The van der Waals surface area contributed by atoms with Crippen molar-refractivity contribution < 1.29 is 0 Å². The molecule has 2 aromatic carbocycles. The van der Waals surface area contributed by atoms with Gasteiger partial charge >= 0.3 is 0 Å². The minimum absolute atomic E-state index is 0.0517. The van der Waals surface area contributed by atoms with Crippen LogP contribution in [0, 0.1) is 0 Å². The highest BCUT2D eigenvalue weighted by Gasteiger charge is 2.31. The summed E-state index contributed by atoms with van der Waals surface area (Å²) in [6.07, 6.45) is 14.5. The zero-order valence-corrected chi connectivity index (χ0v) is 18.4. The van der Waals surface area contributed by atoms with E-state index in [-0.39, 0.29) is 5.41 Å². The molecule has 1 aliphatic carbocycles. The summed E-state index contributed by atoms with van der Waals surface area (Å²) < 4.78 is 0. The largest absolute Gasteiger partial charge is 0.388 e. The normalized spacial score (nSPS) is 16.7. The van der Waals surface area contributed by atoms with Gasteiger partial charge in [0.2, 0.25) is 0 Å². The molecular weight excluding hydrogens is 370 g/mol. The quantitative estimate of drug-likeness (QED) is 0.393. The minimum atomic E-state index is 0.0517. The van der Waals surface area contributed by atoms with Gasteiger partial charge in [0, 0.05) is 23.0 Å². The van der Waals surface area contributed by atoms with Crippen LogP contribution < -0.4 is 5.32 Å². The minimum Gasteiger partial charge on any atom is -0.388 e. The molecule has 1 atom stereocenters. The van der Waals surface area contributed by atoms with Gasteiger partial charge in [-0.2, -0.15) is 0 Å². The van der Waals surface area contributed by atoms with Crippen LogP contribution in [0.4, 0.5) is 5.69 Å². The summed E-state index contributed by atoms with van der Waals surface area (Å²) in [6, 6.07) is 17.7. The van der Waals surface area contributed by atoms with Crippen LogP contribution in [0.5, 0.6) is 0 Å². The van der Waals surface area contributed by atoms with Crippen molar-refractivity contribution in [2.24, 2.45) is 0 Å². The molecule has 1 heterocycles. The highest BCUT2D eigenvalue weighted by atomic mass is 32.1. The second-order valence-corrected chi connectivity index (χ2v) is 9.41. The Morgan fingerprint density at radius 3 is 2.72 bits per heavy atom. The molecule has 1 unspecified atom stereocenters. The van der Waals surface area contributed by atoms with E-state index in [1.165, 1.54) is 52.6 Å². The lowest BCUT2D eigenvalue weighted by Gasteiger charge is -2.34. The summed E-state index contributed by atoms with van der Waals surface area (Å²) in [6.45, 7) is 2.46. The molecule has 2 heteroatoms. The van der Waals surface area contributed by atoms with Gasteiger partial charge in [0.25, 0.3) is 0 Å². The molecule has 1 aromatic heterocycles. The van der Waals surface area contributed by atoms with E-state index in [1.807, 2.05) is 0 Å². The number of allylic oxidation sites excluding steroid dienone is 3. The molecule has 0 saturated carbocycles. The zero-order chi connectivity index (χ0) is 20.1. The number of benzene rings is 2. The van der Waals surface area contributed by atoms with Crippen molar-refractivity contribution in [3.63, 3.8) is 0 Å². The Bertz CT molecular complexity index is 1010. The molecule has 0 radical (unpaired) electrons. The summed E-state index contributed by atoms with van der Waals surface area (Å²) in [4.78, 5) is 1.33. The first kappa shape index (κ1) is 20.0. The molecule has 0 aliphatic heterocycles. The molecule has 0 fully saturated rings. The molecule has 0 saturated heterocycles. The smallest absolute Gasteiger partial charge is 0.0382 e.